The summed E-state index contributed by atoms with van der Waals surface area (Å²) >= 11 is 0. The molecule has 5 nitrogen and oxygen atoms in total. The van der Waals surface area contributed by atoms with Crippen LogP contribution in [0.1, 0.15) is 11.3 Å². The van der Waals surface area contributed by atoms with E-state index in [0.29, 0.717) is 19.0 Å². The number of hydrogen-bond acceptors (Lipinski definition) is 3. The minimum atomic E-state index is -4.44. The molecule has 1 aromatic carbocycles. The molecular weight excluding hydrogens is 472 g/mol. The van der Waals surface area contributed by atoms with E-state index in [1.54, 1.807) is 13.2 Å². The summed E-state index contributed by atoms with van der Waals surface area (Å²) in [5.74, 6) is 0.369. The summed E-state index contributed by atoms with van der Waals surface area (Å²) < 4.78 is 43.9. The number of aliphatic imine (C=N–C) groups is 1. The van der Waals surface area contributed by atoms with Gasteiger partial charge in [-0.2, -0.15) is 13.2 Å². The van der Waals surface area contributed by atoms with Crippen LogP contribution < -0.4 is 15.4 Å². The van der Waals surface area contributed by atoms with Crippen LogP contribution in [0.5, 0.6) is 5.75 Å². The van der Waals surface area contributed by atoms with Gasteiger partial charge in [0.25, 0.3) is 0 Å². The number of aromatic nitrogens is 1. The van der Waals surface area contributed by atoms with Crippen molar-refractivity contribution >= 4 is 29.9 Å². The van der Waals surface area contributed by atoms with E-state index in [-0.39, 0.29) is 36.3 Å². The zero-order valence-electron chi connectivity index (χ0n) is 14.8. The monoisotopic (exact) mass is 494 g/mol. The number of alkyl halides is 3. The van der Waals surface area contributed by atoms with Crippen LogP contribution in [0.4, 0.5) is 13.2 Å². The first-order valence-electron chi connectivity index (χ1n) is 8.14. The molecule has 0 radical (unpaired) electrons. The van der Waals surface area contributed by atoms with Crippen molar-refractivity contribution < 1.29 is 17.9 Å². The normalized spacial score (nSPS) is 11.5. The third kappa shape index (κ3) is 8.02. The molecular formula is C18H22F3IN4O. The maximum absolute atomic E-state index is 12.9. The van der Waals surface area contributed by atoms with Gasteiger partial charge in [-0.3, -0.25) is 9.98 Å². The highest BCUT2D eigenvalue weighted by molar-refractivity contribution is 14.0. The van der Waals surface area contributed by atoms with Gasteiger partial charge in [0.15, 0.2) is 5.96 Å². The lowest BCUT2D eigenvalue weighted by Crippen LogP contribution is -2.40. The van der Waals surface area contributed by atoms with Crippen molar-refractivity contribution in [3.8, 4) is 5.75 Å². The fraction of sp³-hybridized carbons (Fsp3) is 0.333. The molecule has 2 rings (SSSR count). The van der Waals surface area contributed by atoms with Gasteiger partial charge in [0.2, 0.25) is 0 Å². The summed E-state index contributed by atoms with van der Waals surface area (Å²) in [6, 6.07) is 10.9. The highest BCUT2D eigenvalue weighted by Crippen LogP contribution is 2.35. The Bertz CT molecular complexity index is 711. The SMILES string of the molecule is CN=C(NCCOc1ccccc1C(F)(F)F)NCCc1ccccn1.I. The van der Waals surface area contributed by atoms with Crippen molar-refractivity contribution in [2.24, 2.45) is 4.99 Å². The van der Waals surface area contributed by atoms with Crippen LogP contribution >= 0.6 is 24.0 Å². The largest absolute Gasteiger partial charge is 0.491 e. The fourth-order valence-corrected chi connectivity index (χ4v) is 2.23. The summed E-state index contributed by atoms with van der Waals surface area (Å²) in [6.07, 6.45) is -1.97. The Morgan fingerprint density at radius 1 is 1.07 bits per heavy atom. The molecule has 9 heteroatoms. The Balaban J connectivity index is 0.00000364. The Hall–Kier alpha value is -2.04. The molecule has 27 heavy (non-hydrogen) atoms. The molecule has 0 aliphatic heterocycles. The highest BCUT2D eigenvalue weighted by Gasteiger charge is 2.33. The van der Waals surface area contributed by atoms with Gasteiger partial charge >= 0.3 is 6.18 Å². The van der Waals surface area contributed by atoms with E-state index < -0.39 is 11.7 Å². The second kappa shape index (κ2) is 11.6. The molecule has 2 aromatic rings. The molecule has 0 atom stereocenters. The lowest BCUT2D eigenvalue weighted by atomic mass is 10.2. The molecule has 1 heterocycles. The van der Waals surface area contributed by atoms with Gasteiger partial charge in [0.05, 0.1) is 12.1 Å². The quantitative estimate of drug-likeness (QED) is 0.268. The van der Waals surface area contributed by atoms with Crippen molar-refractivity contribution in [2.75, 3.05) is 26.7 Å². The smallest absolute Gasteiger partial charge is 0.419 e. The molecule has 0 aliphatic rings. The predicted molar refractivity (Wildman–Crippen MR) is 110 cm³/mol. The van der Waals surface area contributed by atoms with E-state index in [9.17, 15) is 13.2 Å². The average molecular weight is 494 g/mol. The molecule has 0 saturated carbocycles. The number of rotatable bonds is 7. The van der Waals surface area contributed by atoms with Crippen molar-refractivity contribution in [3.05, 3.63) is 59.9 Å². The molecule has 1 aromatic heterocycles. The van der Waals surface area contributed by atoms with Gasteiger partial charge in [0, 0.05) is 31.9 Å². The van der Waals surface area contributed by atoms with Crippen LogP contribution in [0.3, 0.4) is 0 Å². The molecule has 0 bridgehead atoms. The van der Waals surface area contributed by atoms with E-state index in [1.165, 1.54) is 18.2 Å². The maximum Gasteiger partial charge on any atom is 0.419 e. The van der Waals surface area contributed by atoms with Crippen molar-refractivity contribution in [1.82, 2.24) is 15.6 Å². The number of ether oxygens (including phenoxy) is 1. The van der Waals surface area contributed by atoms with Crippen LogP contribution in [0, 0.1) is 0 Å². The van der Waals surface area contributed by atoms with Gasteiger partial charge in [-0.15, -0.1) is 24.0 Å². The van der Waals surface area contributed by atoms with Crippen LogP contribution in [0.15, 0.2) is 53.7 Å². The molecule has 0 fully saturated rings. The zero-order valence-corrected chi connectivity index (χ0v) is 17.1. The first-order valence-corrected chi connectivity index (χ1v) is 8.14. The van der Waals surface area contributed by atoms with Crippen LogP contribution in [-0.2, 0) is 12.6 Å². The number of nitrogens with zero attached hydrogens (tertiary/aromatic N) is 2. The second-order valence-corrected chi connectivity index (χ2v) is 5.34. The lowest BCUT2D eigenvalue weighted by Gasteiger charge is -2.15. The Labute approximate surface area is 173 Å². The highest BCUT2D eigenvalue weighted by atomic mass is 127. The molecule has 0 saturated heterocycles. The Morgan fingerprint density at radius 3 is 2.44 bits per heavy atom. The zero-order chi connectivity index (χ0) is 18.8. The minimum absolute atomic E-state index is 0. The minimum Gasteiger partial charge on any atom is -0.491 e. The number of benzene rings is 1. The van der Waals surface area contributed by atoms with Gasteiger partial charge in [-0.25, -0.2) is 0 Å². The average Bonchev–Trinajstić information content (AvgIpc) is 2.64. The van der Waals surface area contributed by atoms with E-state index in [2.05, 4.69) is 20.6 Å². The fourth-order valence-electron chi connectivity index (χ4n) is 2.23. The number of hydrogen-bond donors (Lipinski definition) is 2. The molecule has 0 unspecified atom stereocenters. The number of pyridine rings is 1. The van der Waals surface area contributed by atoms with E-state index >= 15 is 0 Å². The Morgan fingerprint density at radius 2 is 1.78 bits per heavy atom. The predicted octanol–water partition coefficient (Wildman–Crippen LogP) is 3.50. The molecule has 0 spiro atoms. The van der Waals surface area contributed by atoms with E-state index in [0.717, 1.165) is 18.2 Å². The summed E-state index contributed by atoms with van der Waals surface area (Å²) in [7, 11) is 1.62. The number of nitrogens with one attached hydrogen (secondary N) is 2. The standard InChI is InChI=1S/C18H21F3N4O.HI/c1-22-17(24-11-9-14-6-4-5-10-23-14)25-12-13-26-16-8-3-2-7-15(16)18(19,20)21;/h2-8,10H,9,11-13H2,1H3,(H2,22,24,25);1H. The molecule has 0 aliphatic carbocycles. The topological polar surface area (TPSA) is 58.5 Å². The molecule has 148 valence electrons. The number of guanidine groups is 1. The van der Waals surface area contributed by atoms with Gasteiger partial charge < -0.3 is 15.4 Å². The summed E-state index contributed by atoms with van der Waals surface area (Å²) in [4.78, 5) is 8.29. The van der Waals surface area contributed by atoms with Gasteiger partial charge in [-0.1, -0.05) is 18.2 Å². The van der Waals surface area contributed by atoms with Gasteiger partial charge in [-0.05, 0) is 24.3 Å². The van der Waals surface area contributed by atoms with Gasteiger partial charge in [0.1, 0.15) is 12.4 Å². The van der Waals surface area contributed by atoms with Crippen LogP contribution in [-0.4, -0.2) is 37.7 Å². The summed E-state index contributed by atoms with van der Waals surface area (Å²) in [5.41, 5.74) is 0.181. The van der Waals surface area contributed by atoms with Crippen LogP contribution in [0.25, 0.3) is 0 Å². The third-order valence-electron chi connectivity index (χ3n) is 3.47. The first kappa shape index (κ1) is 23.0. The van der Waals surface area contributed by atoms with E-state index in [1.807, 2.05) is 18.2 Å². The number of para-hydroxylation sites is 1. The summed E-state index contributed by atoms with van der Waals surface area (Å²) in [6.45, 7) is 1.03. The summed E-state index contributed by atoms with van der Waals surface area (Å²) in [5, 5.41) is 6.11. The lowest BCUT2D eigenvalue weighted by molar-refractivity contribution is -0.138. The van der Waals surface area contributed by atoms with Crippen molar-refractivity contribution in [1.29, 1.82) is 0 Å². The first-order chi connectivity index (χ1) is 12.5. The number of halogens is 4. The van der Waals surface area contributed by atoms with E-state index in [4.69, 9.17) is 4.74 Å². The van der Waals surface area contributed by atoms with Crippen molar-refractivity contribution in [3.63, 3.8) is 0 Å². The second-order valence-electron chi connectivity index (χ2n) is 5.34. The van der Waals surface area contributed by atoms with Crippen LogP contribution in [0.2, 0.25) is 0 Å². The molecule has 2 N–H and O–H groups in total. The third-order valence-corrected chi connectivity index (χ3v) is 3.47. The molecule has 0 amide bonds. The van der Waals surface area contributed by atoms with Crippen molar-refractivity contribution in [2.45, 2.75) is 12.6 Å². The Kier molecular flexibility index (Phi) is 9.90. The maximum atomic E-state index is 12.9.